The average Bonchev–Trinajstić information content (AvgIpc) is 3.02. The first-order chi connectivity index (χ1) is 9.22. The lowest BCUT2D eigenvalue weighted by Gasteiger charge is -2.18. The molecule has 1 aromatic rings. The molecule has 0 saturated heterocycles. The van der Waals surface area contributed by atoms with Crippen LogP contribution in [0.25, 0.3) is 0 Å². The fourth-order valence-corrected chi connectivity index (χ4v) is 3.55. The van der Waals surface area contributed by atoms with Gasteiger partial charge < -0.3 is 5.32 Å². The third kappa shape index (κ3) is 2.92. The highest BCUT2D eigenvalue weighted by atomic mass is 14.9. The highest BCUT2D eigenvalue weighted by molar-refractivity contribution is 5.24. The molecule has 1 fully saturated rings. The minimum Gasteiger partial charge on any atom is -0.312 e. The van der Waals surface area contributed by atoms with Crippen molar-refractivity contribution in [3.8, 4) is 0 Å². The molecule has 1 N–H and O–H groups in total. The first-order valence-corrected chi connectivity index (χ1v) is 7.70. The molecule has 1 aromatic carbocycles. The van der Waals surface area contributed by atoms with Gasteiger partial charge in [-0.15, -0.1) is 0 Å². The van der Waals surface area contributed by atoms with Gasteiger partial charge in [0, 0.05) is 6.54 Å². The van der Waals surface area contributed by atoms with E-state index in [0.717, 1.165) is 24.3 Å². The second-order valence-corrected chi connectivity index (χ2v) is 6.57. The van der Waals surface area contributed by atoms with Gasteiger partial charge in [-0.3, -0.25) is 0 Å². The van der Waals surface area contributed by atoms with Gasteiger partial charge in [0.2, 0.25) is 0 Å². The van der Waals surface area contributed by atoms with Gasteiger partial charge in [0.15, 0.2) is 0 Å². The third-order valence-electron chi connectivity index (χ3n) is 4.80. The molecule has 1 heteroatoms. The summed E-state index contributed by atoms with van der Waals surface area (Å²) in [6, 6.07) is 9.07. The van der Waals surface area contributed by atoms with Gasteiger partial charge in [-0.05, 0) is 54.2 Å². The lowest BCUT2D eigenvalue weighted by Crippen LogP contribution is -2.25. The summed E-state index contributed by atoms with van der Waals surface area (Å²) in [7, 11) is 0. The van der Waals surface area contributed by atoms with Crippen molar-refractivity contribution in [2.24, 2.45) is 17.8 Å². The lowest BCUT2D eigenvalue weighted by molar-refractivity contribution is 0.414. The van der Waals surface area contributed by atoms with Gasteiger partial charge in [0.1, 0.15) is 0 Å². The van der Waals surface area contributed by atoms with Gasteiger partial charge in [-0.25, -0.2) is 0 Å². The van der Waals surface area contributed by atoms with Crippen LogP contribution in [-0.2, 0) is 6.54 Å². The number of benzene rings is 1. The van der Waals surface area contributed by atoms with E-state index in [4.69, 9.17) is 0 Å². The van der Waals surface area contributed by atoms with Gasteiger partial charge in [-0.2, -0.15) is 0 Å². The van der Waals surface area contributed by atoms with E-state index in [1.165, 1.54) is 30.5 Å². The number of nitrogens with one attached hydrogen (secondary N) is 1. The van der Waals surface area contributed by atoms with E-state index in [-0.39, 0.29) is 0 Å². The minimum absolute atomic E-state index is 0.628. The normalized spacial score (nSPS) is 28.5. The highest BCUT2D eigenvalue weighted by Gasteiger charge is 2.34. The monoisotopic (exact) mass is 255 g/mol. The Morgan fingerprint density at radius 3 is 2.47 bits per heavy atom. The Kier molecular flexibility index (Phi) is 3.74. The molecular formula is C18H25N. The van der Waals surface area contributed by atoms with Crippen molar-refractivity contribution in [3.63, 3.8) is 0 Å². The predicted molar refractivity (Wildman–Crippen MR) is 81.1 cm³/mol. The molecule has 0 heterocycles. The molecule has 19 heavy (non-hydrogen) atoms. The van der Waals surface area contributed by atoms with Gasteiger partial charge in [-0.1, -0.05) is 50.3 Å². The molecule has 1 nitrogen and oxygen atoms in total. The summed E-state index contributed by atoms with van der Waals surface area (Å²) in [5.41, 5.74) is 2.84. The molecule has 0 amide bonds. The van der Waals surface area contributed by atoms with E-state index in [2.05, 4.69) is 55.6 Å². The third-order valence-corrected chi connectivity index (χ3v) is 4.80. The average molecular weight is 255 g/mol. The molecule has 3 rings (SSSR count). The zero-order valence-corrected chi connectivity index (χ0v) is 12.1. The van der Waals surface area contributed by atoms with Crippen LogP contribution >= 0.6 is 0 Å². The van der Waals surface area contributed by atoms with Crippen LogP contribution in [0.15, 0.2) is 36.4 Å². The van der Waals surface area contributed by atoms with Crippen LogP contribution in [0, 0.1) is 17.8 Å². The smallest absolute Gasteiger partial charge is 0.0205 e. The molecular weight excluding hydrogens is 230 g/mol. The van der Waals surface area contributed by atoms with Crippen molar-refractivity contribution < 1.29 is 0 Å². The Hall–Kier alpha value is -1.08. The number of rotatable bonds is 5. The second-order valence-electron chi connectivity index (χ2n) is 6.57. The van der Waals surface area contributed by atoms with Gasteiger partial charge in [0.05, 0.1) is 0 Å². The highest BCUT2D eigenvalue weighted by Crippen LogP contribution is 2.42. The molecule has 2 aliphatic rings. The van der Waals surface area contributed by atoms with Crippen LogP contribution in [0.3, 0.4) is 0 Å². The molecule has 3 unspecified atom stereocenters. The first-order valence-electron chi connectivity index (χ1n) is 7.70. The van der Waals surface area contributed by atoms with Crippen LogP contribution < -0.4 is 5.32 Å². The van der Waals surface area contributed by atoms with Crippen molar-refractivity contribution in [3.05, 3.63) is 47.5 Å². The first kappa shape index (κ1) is 12.9. The summed E-state index contributed by atoms with van der Waals surface area (Å²) in [4.78, 5) is 0. The van der Waals surface area contributed by atoms with Crippen LogP contribution in [0.1, 0.15) is 43.7 Å². The minimum atomic E-state index is 0.628. The Morgan fingerprint density at radius 2 is 1.89 bits per heavy atom. The summed E-state index contributed by atoms with van der Waals surface area (Å²) in [5.74, 6) is 3.26. The molecule has 2 aliphatic carbocycles. The summed E-state index contributed by atoms with van der Waals surface area (Å²) in [5, 5.41) is 3.64. The maximum absolute atomic E-state index is 3.64. The fourth-order valence-electron chi connectivity index (χ4n) is 3.55. The Morgan fingerprint density at radius 1 is 1.11 bits per heavy atom. The number of hydrogen-bond donors (Lipinski definition) is 1. The molecule has 0 aliphatic heterocycles. The van der Waals surface area contributed by atoms with E-state index in [1.807, 2.05) is 0 Å². The van der Waals surface area contributed by atoms with Crippen LogP contribution in [0.4, 0.5) is 0 Å². The zero-order valence-electron chi connectivity index (χ0n) is 12.1. The number of hydrogen-bond acceptors (Lipinski definition) is 1. The standard InChI is InChI=1S/C18H25N/c1-13(2)16-6-3-14(4-7-16)11-19-12-18-10-15-5-8-17(18)9-15/h3-8,13,15,17-19H,9-12H2,1-2H3. The summed E-state index contributed by atoms with van der Waals surface area (Å²) in [6.45, 7) is 6.68. The van der Waals surface area contributed by atoms with E-state index < -0.39 is 0 Å². The van der Waals surface area contributed by atoms with Crippen LogP contribution in [0.5, 0.6) is 0 Å². The molecule has 102 valence electrons. The zero-order chi connectivity index (χ0) is 13.2. The molecule has 3 atom stereocenters. The predicted octanol–water partition coefficient (Wildman–Crippen LogP) is 4.11. The summed E-state index contributed by atoms with van der Waals surface area (Å²) in [6.07, 6.45) is 7.68. The molecule has 0 radical (unpaired) electrons. The number of fused-ring (bicyclic) bond motifs is 2. The van der Waals surface area contributed by atoms with E-state index in [1.54, 1.807) is 0 Å². The van der Waals surface area contributed by atoms with Crippen molar-refractivity contribution in [2.45, 2.75) is 39.2 Å². The van der Waals surface area contributed by atoms with Crippen LogP contribution in [0.2, 0.25) is 0 Å². The van der Waals surface area contributed by atoms with E-state index >= 15 is 0 Å². The molecule has 1 saturated carbocycles. The van der Waals surface area contributed by atoms with E-state index in [0.29, 0.717) is 5.92 Å². The summed E-state index contributed by atoms with van der Waals surface area (Å²) < 4.78 is 0. The Balaban J connectivity index is 1.46. The van der Waals surface area contributed by atoms with Crippen molar-refractivity contribution in [1.82, 2.24) is 5.32 Å². The SMILES string of the molecule is CC(C)c1ccc(CNCC2CC3C=CC2C3)cc1. The molecule has 0 aromatic heterocycles. The molecule has 0 spiro atoms. The largest absolute Gasteiger partial charge is 0.312 e. The summed E-state index contributed by atoms with van der Waals surface area (Å²) >= 11 is 0. The molecule has 2 bridgehead atoms. The lowest BCUT2D eigenvalue weighted by atomic mass is 9.93. The van der Waals surface area contributed by atoms with Crippen LogP contribution in [-0.4, -0.2) is 6.54 Å². The fraction of sp³-hybridized carbons (Fsp3) is 0.556. The number of allylic oxidation sites excluding steroid dienone is 2. The Bertz CT molecular complexity index is 443. The maximum atomic E-state index is 3.64. The topological polar surface area (TPSA) is 12.0 Å². The van der Waals surface area contributed by atoms with Gasteiger partial charge >= 0.3 is 0 Å². The second kappa shape index (κ2) is 5.50. The van der Waals surface area contributed by atoms with Gasteiger partial charge in [0.25, 0.3) is 0 Å². The Labute approximate surface area is 117 Å². The van der Waals surface area contributed by atoms with Crippen molar-refractivity contribution in [1.29, 1.82) is 0 Å². The van der Waals surface area contributed by atoms with E-state index in [9.17, 15) is 0 Å². The quantitative estimate of drug-likeness (QED) is 0.781. The van der Waals surface area contributed by atoms with Crippen molar-refractivity contribution >= 4 is 0 Å². The van der Waals surface area contributed by atoms with Crippen molar-refractivity contribution in [2.75, 3.05) is 6.54 Å². The maximum Gasteiger partial charge on any atom is 0.0205 e.